The fourth-order valence-corrected chi connectivity index (χ4v) is 3.53. The van der Waals surface area contributed by atoms with Crippen LogP contribution in [-0.2, 0) is 12.8 Å². The number of aryl methyl sites for hydroxylation is 2. The second kappa shape index (κ2) is 6.36. The van der Waals surface area contributed by atoms with E-state index in [0.717, 1.165) is 30.8 Å². The minimum Gasteiger partial charge on any atom is -0.309 e. The topological polar surface area (TPSA) is 50.7 Å². The van der Waals surface area contributed by atoms with Crippen molar-refractivity contribution in [3.8, 4) is 0 Å². The van der Waals surface area contributed by atoms with Crippen molar-refractivity contribution in [3.63, 3.8) is 0 Å². The third-order valence-corrected chi connectivity index (χ3v) is 4.60. The molecule has 2 rings (SSSR count). The van der Waals surface area contributed by atoms with Crippen molar-refractivity contribution in [3.05, 3.63) is 26.7 Å². The molecule has 0 aliphatic rings. The van der Waals surface area contributed by atoms with Gasteiger partial charge in [-0.1, -0.05) is 18.3 Å². The molecule has 0 aliphatic carbocycles. The molecule has 2 aromatic heterocycles. The molecule has 0 fully saturated rings. The summed E-state index contributed by atoms with van der Waals surface area (Å²) in [5.41, 5.74) is 2.21. The summed E-state index contributed by atoms with van der Waals surface area (Å²) in [6.07, 6.45) is 1.86. The highest BCUT2D eigenvalue weighted by Gasteiger charge is 2.19. The standard InChI is InChI=1S/C12H18N4S2/c1-4-9-12(18-16-15-9)10(13-5-2)6-11-14-8(3)7-17-11/h7,10,13H,4-6H2,1-3H3. The van der Waals surface area contributed by atoms with Gasteiger partial charge >= 0.3 is 0 Å². The molecular weight excluding hydrogens is 264 g/mol. The van der Waals surface area contributed by atoms with Crippen molar-refractivity contribution in [1.29, 1.82) is 0 Å². The van der Waals surface area contributed by atoms with Crippen LogP contribution in [0.4, 0.5) is 0 Å². The van der Waals surface area contributed by atoms with Crippen molar-refractivity contribution < 1.29 is 0 Å². The van der Waals surface area contributed by atoms with E-state index in [9.17, 15) is 0 Å². The van der Waals surface area contributed by atoms with Gasteiger partial charge in [0, 0.05) is 17.5 Å². The Kier molecular flexibility index (Phi) is 4.79. The smallest absolute Gasteiger partial charge is 0.0947 e. The van der Waals surface area contributed by atoms with Gasteiger partial charge in [0.1, 0.15) is 0 Å². The number of thiazole rings is 1. The molecule has 0 saturated heterocycles. The van der Waals surface area contributed by atoms with Crippen LogP contribution in [0.25, 0.3) is 0 Å². The molecule has 0 aromatic carbocycles. The van der Waals surface area contributed by atoms with Gasteiger partial charge in [0.05, 0.1) is 21.6 Å². The average Bonchev–Trinajstić information content (AvgIpc) is 2.97. The van der Waals surface area contributed by atoms with E-state index in [1.54, 1.807) is 11.3 Å². The zero-order valence-corrected chi connectivity index (χ0v) is 12.6. The van der Waals surface area contributed by atoms with Crippen molar-refractivity contribution >= 4 is 22.9 Å². The Balaban J connectivity index is 2.17. The molecule has 2 aromatic rings. The van der Waals surface area contributed by atoms with Crippen LogP contribution in [0.15, 0.2) is 5.38 Å². The fourth-order valence-electron chi connectivity index (χ4n) is 1.90. The Morgan fingerprint density at radius 1 is 1.39 bits per heavy atom. The third-order valence-electron chi connectivity index (χ3n) is 2.73. The number of hydrogen-bond acceptors (Lipinski definition) is 6. The molecule has 0 radical (unpaired) electrons. The first-order valence-electron chi connectivity index (χ1n) is 6.20. The van der Waals surface area contributed by atoms with Crippen LogP contribution in [0.3, 0.4) is 0 Å². The molecule has 0 aliphatic heterocycles. The quantitative estimate of drug-likeness (QED) is 0.885. The SMILES string of the molecule is CCNC(Cc1nc(C)cs1)c1snnc1CC. The normalized spacial score (nSPS) is 12.8. The average molecular weight is 282 g/mol. The number of nitrogens with zero attached hydrogens (tertiary/aromatic N) is 3. The number of hydrogen-bond donors (Lipinski definition) is 1. The van der Waals surface area contributed by atoms with Crippen LogP contribution in [-0.4, -0.2) is 21.1 Å². The summed E-state index contributed by atoms with van der Waals surface area (Å²) in [5.74, 6) is 0. The minimum absolute atomic E-state index is 0.288. The van der Waals surface area contributed by atoms with E-state index in [1.165, 1.54) is 21.4 Å². The third kappa shape index (κ3) is 3.13. The summed E-state index contributed by atoms with van der Waals surface area (Å²) in [5, 5.41) is 11.0. The van der Waals surface area contributed by atoms with Gasteiger partial charge in [-0.15, -0.1) is 16.4 Å². The number of nitrogens with one attached hydrogen (secondary N) is 1. The summed E-state index contributed by atoms with van der Waals surface area (Å²) in [4.78, 5) is 5.80. The summed E-state index contributed by atoms with van der Waals surface area (Å²) in [7, 11) is 0. The van der Waals surface area contributed by atoms with E-state index in [2.05, 4.69) is 39.1 Å². The van der Waals surface area contributed by atoms with Crippen molar-refractivity contribution in [2.75, 3.05) is 6.54 Å². The molecule has 98 valence electrons. The molecule has 1 unspecified atom stereocenters. The molecular formula is C12H18N4S2. The zero-order chi connectivity index (χ0) is 13.0. The Labute approximate surface area is 116 Å². The predicted molar refractivity (Wildman–Crippen MR) is 76.3 cm³/mol. The van der Waals surface area contributed by atoms with Crippen LogP contribution < -0.4 is 5.32 Å². The second-order valence-corrected chi connectivity index (χ2v) is 5.86. The maximum atomic E-state index is 4.54. The molecule has 1 N–H and O–H groups in total. The monoisotopic (exact) mass is 282 g/mol. The van der Waals surface area contributed by atoms with Gasteiger partial charge in [0.2, 0.25) is 0 Å². The van der Waals surface area contributed by atoms with Crippen LogP contribution in [0.2, 0.25) is 0 Å². The lowest BCUT2D eigenvalue weighted by molar-refractivity contribution is 0.551. The maximum absolute atomic E-state index is 4.54. The van der Waals surface area contributed by atoms with Gasteiger partial charge < -0.3 is 5.32 Å². The van der Waals surface area contributed by atoms with Crippen LogP contribution >= 0.6 is 22.9 Å². The molecule has 0 amide bonds. The molecule has 2 heterocycles. The Morgan fingerprint density at radius 2 is 2.22 bits per heavy atom. The molecule has 0 bridgehead atoms. The van der Waals surface area contributed by atoms with Gasteiger partial charge in [-0.3, -0.25) is 0 Å². The second-order valence-electron chi connectivity index (χ2n) is 4.13. The maximum Gasteiger partial charge on any atom is 0.0947 e. The fraction of sp³-hybridized carbons (Fsp3) is 0.583. The first-order chi connectivity index (χ1) is 8.74. The molecule has 18 heavy (non-hydrogen) atoms. The van der Waals surface area contributed by atoms with Gasteiger partial charge in [-0.2, -0.15) is 0 Å². The lowest BCUT2D eigenvalue weighted by atomic mass is 10.1. The van der Waals surface area contributed by atoms with E-state index in [0.29, 0.717) is 0 Å². The Bertz CT molecular complexity index is 492. The largest absolute Gasteiger partial charge is 0.309 e. The number of likely N-dealkylation sites (N-methyl/N-ethyl adjacent to an activating group) is 1. The molecule has 6 heteroatoms. The number of aromatic nitrogens is 3. The highest BCUT2D eigenvalue weighted by molar-refractivity contribution is 7.09. The highest BCUT2D eigenvalue weighted by Crippen LogP contribution is 2.25. The zero-order valence-electron chi connectivity index (χ0n) is 10.9. The van der Waals surface area contributed by atoms with E-state index in [4.69, 9.17) is 0 Å². The Hall–Kier alpha value is -0.850. The lowest BCUT2D eigenvalue weighted by Crippen LogP contribution is -2.23. The predicted octanol–water partition coefficient (Wildman–Crippen LogP) is 2.76. The Morgan fingerprint density at radius 3 is 2.83 bits per heavy atom. The highest BCUT2D eigenvalue weighted by atomic mass is 32.1. The van der Waals surface area contributed by atoms with Crippen molar-refractivity contribution in [2.45, 2.75) is 39.7 Å². The summed E-state index contributed by atoms with van der Waals surface area (Å²) in [6.45, 7) is 7.22. The van der Waals surface area contributed by atoms with E-state index < -0.39 is 0 Å². The van der Waals surface area contributed by atoms with E-state index in [1.807, 2.05) is 6.92 Å². The van der Waals surface area contributed by atoms with Crippen LogP contribution in [0, 0.1) is 6.92 Å². The van der Waals surface area contributed by atoms with Gasteiger partial charge in [0.25, 0.3) is 0 Å². The van der Waals surface area contributed by atoms with Crippen molar-refractivity contribution in [2.24, 2.45) is 0 Å². The van der Waals surface area contributed by atoms with E-state index in [-0.39, 0.29) is 6.04 Å². The molecule has 1 atom stereocenters. The van der Waals surface area contributed by atoms with E-state index >= 15 is 0 Å². The van der Waals surface area contributed by atoms with Gasteiger partial charge in [-0.25, -0.2) is 4.98 Å². The summed E-state index contributed by atoms with van der Waals surface area (Å²) in [6, 6.07) is 0.288. The van der Waals surface area contributed by atoms with Crippen LogP contribution in [0.1, 0.15) is 41.2 Å². The first-order valence-corrected chi connectivity index (χ1v) is 7.85. The minimum atomic E-state index is 0.288. The molecule has 0 spiro atoms. The first kappa shape index (κ1) is 13.6. The summed E-state index contributed by atoms with van der Waals surface area (Å²) >= 11 is 3.23. The summed E-state index contributed by atoms with van der Waals surface area (Å²) < 4.78 is 4.08. The molecule has 4 nitrogen and oxygen atoms in total. The lowest BCUT2D eigenvalue weighted by Gasteiger charge is -2.15. The van der Waals surface area contributed by atoms with Gasteiger partial charge in [0.15, 0.2) is 0 Å². The number of rotatable bonds is 6. The van der Waals surface area contributed by atoms with Crippen molar-refractivity contribution in [1.82, 2.24) is 19.9 Å². The van der Waals surface area contributed by atoms with Crippen LogP contribution in [0.5, 0.6) is 0 Å². The molecule has 0 saturated carbocycles. The van der Waals surface area contributed by atoms with Gasteiger partial charge in [-0.05, 0) is 31.4 Å².